The highest BCUT2D eigenvalue weighted by Gasteiger charge is 2.09. The van der Waals surface area contributed by atoms with E-state index in [-0.39, 0.29) is 24.3 Å². The van der Waals surface area contributed by atoms with Gasteiger partial charge in [0.05, 0.1) is 4.92 Å². The van der Waals surface area contributed by atoms with Crippen molar-refractivity contribution >= 4 is 23.1 Å². The molecule has 0 aliphatic carbocycles. The summed E-state index contributed by atoms with van der Waals surface area (Å²) in [4.78, 5) is 22.2. The molecule has 2 aromatic carbocycles. The van der Waals surface area contributed by atoms with Crippen LogP contribution in [0.2, 0.25) is 5.02 Å². The molecular formula is C15H12ClNO3. The SMILES string of the molecule is O=C(Cc1cccc(Cl)c1)Cc1cccc([N+](=O)[O-])c1. The molecule has 0 amide bonds. The van der Waals surface area contributed by atoms with E-state index >= 15 is 0 Å². The van der Waals surface area contributed by atoms with Crippen molar-refractivity contribution < 1.29 is 9.72 Å². The molecule has 2 aromatic rings. The summed E-state index contributed by atoms with van der Waals surface area (Å²) in [6.45, 7) is 0. The smallest absolute Gasteiger partial charge is 0.269 e. The minimum atomic E-state index is -0.467. The van der Waals surface area contributed by atoms with Gasteiger partial charge in [0.2, 0.25) is 0 Å². The first-order valence-electron chi connectivity index (χ1n) is 6.04. The summed E-state index contributed by atoms with van der Waals surface area (Å²) >= 11 is 5.86. The molecule has 4 nitrogen and oxygen atoms in total. The van der Waals surface area contributed by atoms with Crippen LogP contribution in [0.25, 0.3) is 0 Å². The summed E-state index contributed by atoms with van der Waals surface area (Å²) in [5, 5.41) is 11.3. The van der Waals surface area contributed by atoms with Crippen LogP contribution in [-0.2, 0) is 17.6 Å². The van der Waals surface area contributed by atoms with E-state index in [4.69, 9.17) is 11.6 Å². The van der Waals surface area contributed by atoms with Crippen LogP contribution in [0, 0.1) is 10.1 Å². The average Bonchev–Trinajstić information content (AvgIpc) is 2.38. The highest BCUT2D eigenvalue weighted by atomic mass is 35.5. The Labute approximate surface area is 121 Å². The summed E-state index contributed by atoms with van der Waals surface area (Å²) in [7, 11) is 0. The second-order valence-electron chi connectivity index (χ2n) is 4.45. The Morgan fingerprint density at radius 1 is 1.05 bits per heavy atom. The first-order valence-corrected chi connectivity index (χ1v) is 6.42. The van der Waals surface area contributed by atoms with Crippen molar-refractivity contribution in [1.82, 2.24) is 0 Å². The minimum absolute atomic E-state index is 0.00180. The fourth-order valence-electron chi connectivity index (χ4n) is 1.94. The number of hydrogen-bond acceptors (Lipinski definition) is 3. The number of halogens is 1. The maximum Gasteiger partial charge on any atom is 0.269 e. The van der Waals surface area contributed by atoms with Gasteiger partial charge in [0, 0.05) is 30.0 Å². The largest absolute Gasteiger partial charge is 0.299 e. The Balaban J connectivity index is 2.04. The van der Waals surface area contributed by atoms with Gasteiger partial charge in [-0.15, -0.1) is 0 Å². The number of nitro groups is 1. The lowest BCUT2D eigenvalue weighted by molar-refractivity contribution is -0.384. The van der Waals surface area contributed by atoms with Crippen LogP contribution in [0.5, 0.6) is 0 Å². The topological polar surface area (TPSA) is 60.2 Å². The minimum Gasteiger partial charge on any atom is -0.299 e. The lowest BCUT2D eigenvalue weighted by Crippen LogP contribution is -2.06. The van der Waals surface area contributed by atoms with E-state index < -0.39 is 4.92 Å². The first-order chi connectivity index (χ1) is 9.54. The standard InChI is InChI=1S/C15H12ClNO3/c16-13-5-1-3-11(7-13)9-15(18)10-12-4-2-6-14(8-12)17(19)20/h1-8H,9-10H2. The van der Waals surface area contributed by atoms with Crippen molar-refractivity contribution in [2.24, 2.45) is 0 Å². The van der Waals surface area contributed by atoms with Gasteiger partial charge in [-0.3, -0.25) is 14.9 Å². The molecule has 0 saturated carbocycles. The lowest BCUT2D eigenvalue weighted by atomic mass is 10.0. The highest BCUT2D eigenvalue weighted by Crippen LogP contribution is 2.15. The Kier molecular flexibility index (Phi) is 4.48. The molecule has 0 spiro atoms. The summed E-state index contributed by atoms with van der Waals surface area (Å²) in [5.74, 6) is -0.00670. The van der Waals surface area contributed by atoms with E-state index in [2.05, 4.69) is 0 Å². The molecule has 102 valence electrons. The summed E-state index contributed by atoms with van der Waals surface area (Å²) < 4.78 is 0. The molecule has 0 N–H and O–H groups in total. The number of rotatable bonds is 5. The van der Waals surface area contributed by atoms with Gasteiger partial charge in [-0.25, -0.2) is 0 Å². The van der Waals surface area contributed by atoms with E-state index in [1.165, 1.54) is 12.1 Å². The number of ketones is 1. The summed E-state index contributed by atoms with van der Waals surface area (Å²) in [6, 6.07) is 13.2. The fourth-order valence-corrected chi connectivity index (χ4v) is 2.16. The maximum atomic E-state index is 12.0. The van der Waals surface area contributed by atoms with Gasteiger partial charge in [0.25, 0.3) is 5.69 Å². The number of benzene rings is 2. The third-order valence-corrected chi connectivity index (χ3v) is 3.05. The third kappa shape index (κ3) is 3.90. The lowest BCUT2D eigenvalue weighted by Gasteiger charge is -2.02. The zero-order valence-electron chi connectivity index (χ0n) is 10.6. The number of hydrogen-bond donors (Lipinski definition) is 0. The molecule has 0 radical (unpaired) electrons. The molecule has 0 heterocycles. The zero-order valence-corrected chi connectivity index (χ0v) is 11.3. The number of nitro benzene ring substituents is 1. The average molecular weight is 290 g/mol. The van der Waals surface area contributed by atoms with E-state index in [9.17, 15) is 14.9 Å². The molecule has 0 saturated heterocycles. The van der Waals surface area contributed by atoms with Gasteiger partial charge in [0.1, 0.15) is 5.78 Å². The number of carbonyl (C=O) groups is 1. The molecular weight excluding hydrogens is 278 g/mol. The van der Waals surface area contributed by atoms with Crippen LogP contribution in [0.3, 0.4) is 0 Å². The Morgan fingerprint density at radius 3 is 2.25 bits per heavy atom. The predicted molar refractivity (Wildman–Crippen MR) is 77.0 cm³/mol. The van der Waals surface area contributed by atoms with Crippen LogP contribution in [0.1, 0.15) is 11.1 Å². The monoisotopic (exact) mass is 289 g/mol. The Hall–Kier alpha value is -2.20. The number of non-ortho nitro benzene ring substituents is 1. The van der Waals surface area contributed by atoms with Crippen molar-refractivity contribution in [3.05, 3.63) is 74.8 Å². The third-order valence-electron chi connectivity index (χ3n) is 2.81. The van der Waals surface area contributed by atoms with Crippen LogP contribution in [-0.4, -0.2) is 10.7 Å². The second kappa shape index (κ2) is 6.30. The van der Waals surface area contributed by atoms with E-state index in [1.54, 1.807) is 30.3 Å². The van der Waals surface area contributed by atoms with Crippen molar-refractivity contribution in [3.63, 3.8) is 0 Å². The van der Waals surface area contributed by atoms with Crippen LogP contribution < -0.4 is 0 Å². The van der Waals surface area contributed by atoms with Gasteiger partial charge in [-0.2, -0.15) is 0 Å². The molecule has 0 aromatic heterocycles. The molecule has 0 unspecified atom stereocenters. The molecule has 2 rings (SSSR count). The fraction of sp³-hybridized carbons (Fsp3) is 0.133. The quantitative estimate of drug-likeness (QED) is 0.624. The highest BCUT2D eigenvalue weighted by molar-refractivity contribution is 6.30. The molecule has 0 aliphatic rings. The van der Waals surface area contributed by atoms with E-state index in [1.807, 2.05) is 6.07 Å². The van der Waals surface area contributed by atoms with Gasteiger partial charge < -0.3 is 0 Å². The van der Waals surface area contributed by atoms with E-state index in [0.717, 1.165) is 5.56 Å². The number of carbonyl (C=O) groups excluding carboxylic acids is 1. The van der Waals surface area contributed by atoms with Crippen molar-refractivity contribution in [1.29, 1.82) is 0 Å². The number of Topliss-reactive ketones (excluding diaryl/α,β-unsaturated/α-hetero) is 1. The molecule has 0 aliphatic heterocycles. The summed E-state index contributed by atoms with van der Waals surface area (Å²) in [6.07, 6.45) is 0.442. The summed E-state index contributed by atoms with van der Waals surface area (Å²) in [5.41, 5.74) is 1.48. The normalized spacial score (nSPS) is 10.2. The number of nitrogens with zero attached hydrogens (tertiary/aromatic N) is 1. The predicted octanol–water partition coefficient (Wildman–Crippen LogP) is 3.60. The molecule has 5 heteroatoms. The molecule has 0 bridgehead atoms. The molecule has 0 fully saturated rings. The Bertz CT molecular complexity index is 655. The zero-order chi connectivity index (χ0) is 14.5. The van der Waals surface area contributed by atoms with E-state index in [0.29, 0.717) is 10.6 Å². The van der Waals surface area contributed by atoms with Crippen LogP contribution in [0.15, 0.2) is 48.5 Å². The molecule has 20 heavy (non-hydrogen) atoms. The van der Waals surface area contributed by atoms with Gasteiger partial charge in [-0.05, 0) is 23.3 Å². The van der Waals surface area contributed by atoms with Gasteiger partial charge in [0.15, 0.2) is 0 Å². The van der Waals surface area contributed by atoms with Gasteiger partial charge >= 0.3 is 0 Å². The first kappa shape index (κ1) is 14.2. The van der Waals surface area contributed by atoms with Crippen molar-refractivity contribution in [2.75, 3.05) is 0 Å². The second-order valence-corrected chi connectivity index (χ2v) is 4.89. The van der Waals surface area contributed by atoms with Crippen LogP contribution in [0.4, 0.5) is 5.69 Å². The van der Waals surface area contributed by atoms with Crippen molar-refractivity contribution in [2.45, 2.75) is 12.8 Å². The van der Waals surface area contributed by atoms with Gasteiger partial charge in [-0.1, -0.05) is 35.9 Å². The van der Waals surface area contributed by atoms with Crippen LogP contribution >= 0.6 is 11.6 Å². The molecule has 0 atom stereocenters. The Morgan fingerprint density at radius 2 is 1.65 bits per heavy atom. The van der Waals surface area contributed by atoms with Crippen molar-refractivity contribution in [3.8, 4) is 0 Å². The maximum absolute atomic E-state index is 12.0.